The number of aromatic nitrogens is 2. The number of nitrogens with zero attached hydrogens (tertiary/aromatic N) is 2. The normalized spacial score (nSPS) is 10.4. The third kappa shape index (κ3) is 2.03. The van der Waals surface area contributed by atoms with E-state index in [1.165, 1.54) is 0 Å². The number of imidazole rings is 1. The van der Waals surface area contributed by atoms with Crippen molar-refractivity contribution in [2.75, 3.05) is 13.7 Å². The molecule has 0 radical (unpaired) electrons. The molecule has 0 aliphatic carbocycles. The van der Waals surface area contributed by atoms with Gasteiger partial charge in [0.25, 0.3) is 0 Å². The van der Waals surface area contributed by atoms with Crippen molar-refractivity contribution in [3.63, 3.8) is 0 Å². The van der Waals surface area contributed by atoms with Gasteiger partial charge in [-0.2, -0.15) is 0 Å². The lowest BCUT2D eigenvalue weighted by Gasteiger charge is -2.03. The highest BCUT2D eigenvalue weighted by molar-refractivity contribution is 4.96. The third-order valence-electron chi connectivity index (χ3n) is 1.43. The lowest BCUT2D eigenvalue weighted by Crippen LogP contribution is -2.05. The van der Waals surface area contributed by atoms with Crippen LogP contribution in [0.1, 0.15) is 5.69 Å². The van der Waals surface area contributed by atoms with Gasteiger partial charge in [-0.3, -0.25) is 0 Å². The van der Waals surface area contributed by atoms with Crippen molar-refractivity contribution in [2.45, 2.75) is 13.2 Å². The maximum atomic E-state index is 8.64. The summed E-state index contributed by atoms with van der Waals surface area (Å²) in [7, 11) is 1.64. The molecule has 0 amide bonds. The Morgan fingerprint density at radius 2 is 2.55 bits per heavy atom. The number of rotatable bonds is 4. The molecule has 11 heavy (non-hydrogen) atoms. The molecular formula is C7H12N2O2. The van der Waals surface area contributed by atoms with Gasteiger partial charge in [0.1, 0.15) is 0 Å². The molecule has 0 aliphatic rings. The first-order valence-electron chi connectivity index (χ1n) is 3.47. The third-order valence-corrected chi connectivity index (χ3v) is 1.43. The van der Waals surface area contributed by atoms with E-state index in [0.29, 0.717) is 13.2 Å². The molecule has 1 aromatic heterocycles. The van der Waals surface area contributed by atoms with Gasteiger partial charge in [-0.1, -0.05) is 0 Å². The number of methoxy groups -OCH3 is 1. The summed E-state index contributed by atoms with van der Waals surface area (Å²) >= 11 is 0. The summed E-state index contributed by atoms with van der Waals surface area (Å²) in [5, 5.41) is 8.64. The molecule has 62 valence electrons. The smallest absolute Gasteiger partial charge is 0.0949 e. The van der Waals surface area contributed by atoms with Crippen molar-refractivity contribution in [1.29, 1.82) is 0 Å². The van der Waals surface area contributed by atoms with Crippen molar-refractivity contribution in [1.82, 2.24) is 9.55 Å². The minimum absolute atomic E-state index is 0.132. The molecule has 0 fully saturated rings. The first-order chi connectivity index (χ1) is 5.38. The quantitative estimate of drug-likeness (QED) is 0.668. The Balaban J connectivity index is 2.62. The number of aliphatic hydroxyl groups is 1. The molecule has 0 saturated carbocycles. The molecule has 1 heterocycles. The standard InChI is InChI=1S/C7H12N2O2/c1-11-5-7-4-8-6-9(7)2-3-10/h4,6,10H,2-3,5H2,1H3. The maximum Gasteiger partial charge on any atom is 0.0949 e. The fourth-order valence-electron chi connectivity index (χ4n) is 0.925. The topological polar surface area (TPSA) is 47.3 Å². The van der Waals surface area contributed by atoms with E-state index in [2.05, 4.69) is 4.98 Å². The fraction of sp³-hybridized carbons (Fsp3) is 0.571. The van der Waals surface area contributed by atoms with Crippen molar-refractivity contribution >= 4 is 0 Å². The van der Waals surface area contributed by atoms with E-state index in [-0.39, 0.29) is 6.61 Å². The lowest BCUT2D eigenvalue weighted by atomic mass is 10.5. The Morgan fingerprint density at radius 3 is 3.18 bits per heavy atom. The van der Waals surface area contributed by atoms with Crippen LogP contribution in [-0.4, -0.2) is 28.4 Å². The van der Waals surface area contributed by atoms with Crippen LogP contribution < -0.4 is 0 Å². The fourth-order valence-corrected chi connectivity index (χ4v) is 0.925. The second-order valence-electron chi connectivity index (χ2n) is 2.23. The summed E-state index contributed by atoms with van der Waals surface area (Å²) in [4.78, 5) is 3.93. The summed E-state index contributed by atoms with van der Waals surface area (Å²) in [5.41, 5.74) is 0.988. The van der Waals surface area contributed by atoms with Gasteiger partial charge >= 0.3 is 0 Å². The molecule has 1 N–H and O–H groups in total. The Bertz CT molecular complexity index is 189. The molecule has 1 rings (SSSR count). The Kier molecular flexibility index (Phi) is 3.07. The first-order valence-corrected chi connectivity index (χ1v) is 3.47. The van der Waals surface area contributed by atoms with Gasteiger partial charge in [-0.05, 0) is 0 Å². The average molecular weight is 156 g/mol. The van der Waals surface area contributed by atoms with Crippen LogP contribution in [-0.2, 0) is 17.9 Å². The molecule has 0 spiro atoms. The van der Waals surface area contributed by atoms with E-state index in [0.717, 1.165) is 5.69 Å². The minimum Gasteiger partial charge on any atom is -0.395 e. The largest absolute Gasteiger partial charge is 0.395 e. The summed E-state index contributed by atoms with van der Waals surface area (Å²) in [6.07, 6.45) is 3.42. The molecule has 4 heteroatoms. The monoisotopic (exact) mass is 156 g/mol. The highest BCUT2D eigenvalue weighted by Crippen LogP contribution is 1.99. The summed E-state index contributed by atoms with van der Waals surface area (Å²) in [5.74, 6) is 0. The molecule has 0 bridgehead atoms. The molecule has 0 atom stereocenters. The van der Waals surface area contributed by atoms with Gasteiger partial charge in [-0.25, -0.2) is 4.98 Å². The number of ether oxygens (including phenoxy) is 1. The van der Waals surface area contributed by atoms with E-state index < -0.39 is 0 Å². The summed E-state index contributed by atoms with van der Waals surface area (Å²) < 4.78 is 6.80. The highest BCUT2D eigenvalue weighted by atomic mass is 16.5. The molecule has 0 aliphatic heterocycles. The van der Waals surface area contributed by atoms with Gasteiger partial charge in [0.2, 0.25) is 0 Å². The maximum absolute atomic E-state index is 8.64. The molecule has 1 aromatic rings. The van der Waals surface area contributed by atoms with Gasteiger partial charge < -0.3 is 14.4 Å². The second kappa shape index (κ2) is 4.10. The van der Waals surface area contributed by atoms with Crippen molar-refractivity contribution < 1.29 is 9.84 Å². The number of aliphatic hydroxyl groups excluding tert-OH is 1. The minimum atomic E-state index is 0.132. The zero-order valence-corrected chi connectivity index (χ0v) is 6.53. The van der Waals surface area contributed by atoms with Crippen LogP contribution >= 0.6 is 0 Å². The van der Waals surface area contributed by atoms with Crippen LogP contribution in [0.5, 0.6) is 0 Å². The highest BCUT2D eigenvalue weighted by Gasteiger charge is 1.98. The lowest BCUT2D eigenvalue weighted by molar-refractivity contribution is 0.175. The molecule has 0 unspecified atom stereocenters. The van der Waals surface area contributed by atoms with E-state index >= 15 is 0 Å². The van der Waals surface area contributed by atoms with E-state index in [1.807, 2.05) is 4.57 Å². The predicted molar refractivity (Wildman–Crippen MR) is 40.0 cm³/mol. The number of hydrogen-bond donors (Lipinski definition) is 1. The first kappa shape index (κ1) is 8.23. The van der Waals surface area contributed by atoms with Crippen LogP contribution in [0.25, 0.3) is 0 Å². The molecule has 0 saturated heterocycles. The average Bonchev–Trinajstić information content (AvgIpc) is 2.39. The van der Waals surface area contributed by atoms with E-state index in [4.69, 9.17) is 9.84 Å². The second-order valence-corrected chi connectivity index (χ2v) is 2.23. The van der Waals surface area contributed by atoms with Crippen molar-refractivity contribution in [3.8, 4) is 0 Å². The predicted octanol–water partition coefficient (Wildman–Crippen LogP) is 0.0218. The summed E-state index contributed by atoms with van der Waals surface area (Å²) in [6.45, 7) is 1.26. The Morgan fingerprint density at radius 1 is 1.73 bits per heavy atom. The van der Waals surface area contributed by atoms with Crippen LogP contribution in [0.2, 0.25) is 0 Å². The van der Waals surface area contributed by atoms with Gasteiger partial charge in [-0.15, -0.1) is 0 Å². The van der Waals surface area contributed by atoms with Crippen molar-refractivity contribution in [3.05, 3.63) is 18.2 Å². The van der Waals surface area contributed by atoms with Crippen LogP contribution in [0.3, 0.4) is 0 Å². The number of hydrogen-bond acceptors (Lipinski definition) is 3. The SMILES string of the molecule is COCc1cncn1CCO. The van der Waals surface area contributed by atoms with Gasteiger partial charge in [0.05, 0.1) is 31.4 Å². The van der Waals surface area contributed by atoms with Gasteiger partial charge in [0.15, 0.2) is 0 Å². The van der Waals surface area contributed by atoms with E-state index in [1.54, 1.807) is 19.6 Å². The van der Waals surface area contributed by atoms with Gasteiger partial charge in [0, 0.05) is 13.7 Å². The van der Waals surface area contributed by atoms with Crippen LogP contribution in [0.15, 0.2) is 12.5 Å². The molecule has 4 nitrogen and oxygen atoms in total. The van der Waals surface area contributed by atoms with E-state index in [9.17, 15) is 0 Å². The summed E-state index contributed by atoms with van der Waals surface area (Å²) in [6, 6.07) is 0. The van der Waals surface area contributed by atoms with Crippen LogP contribution in [0.4, 0.5) is 0 Å². The molecule has 0 aromatic carbocycles. The zero-order valence-electron chi connectivity index (χ0n) is 6.53. The molecular weight excluding hydrogens is 144 g/mol. The Labute approximate surface area is 65.4 Å². The zero-order chi connectivity index (χ0) is 8.10. The van der Waals surface area contributed by atoms with Crippen molar-refractivity contribution in [2.24, 2.45) is 0 Å². The Hall–Kier alpha value is -0.870. The van der Waals surface area contributed by atoms with Crippen LogP contribution in [0, 0.1) is 0 Å².